The third kappa shape index (κ3) is 5.62. The number of aryl methyl sites for hydroxylation is 2. The molecule has 0 bridgehead atoms. The summed E-state index contributed by atoms with van der Waals surface area (Å²) in [7, 11) is 3.21. The zero-order valence-electron chi connectivity index (χ0n) is 24.1. The predicted octanol–water partition coefficient (Wildman–Crippen LogP) is 10.2. The molecule has 2 N–H and O–H groups in total. The molecule has 6 nitrogen and oxygen atoms in total. The number of methoxy groups -OCH3 is 2. The van der Waals surface area contributed by atoms with Gasteiger partial charge in [-0.15, -0.1) is 22.7 Å². The number of hydrogen-bond acceptors (Lipinski definition) is 6. The smallest absolute Gasteiger partial charge is 0.267 e. The van der Waals surface area contributed by atoms with E-state index in [-0.39, 0.29) is 11.8 Å². The highest BCUT2D eigenvalue weighted by Crippen LogP contribution is 2.39. The average molecular weight is 662 g/mol. The van der Waals surface area contributed by atoms with E-state index in [9.17, 15) is 9.59 Å². The maximum absolute atomic E-state index is 13.2. The molecule has 4 aromatic carbocycles. The molecule has 10 heteroatoms. The molecular formula is C34H26Cl2N2O4S2. The first-order chi connectivity index (χ1) is 21.2. The van der Waals surface area contributed by atoms with Crippen LogP contribution in [0.3, 0.4) is 0 Å². The minimum Gasteiger partial charge on any atom is -0.497 e. The number of amides is 2. The molecule has 0 saturated heterocycles. The van der Waals surface area contributed by atoms with Gasteiger partial charge >= 0.3 is 0 Å². The van der Waals surface area contributed by atoms with E-state index in [0.717, 1.165) is 42.4 Å². The molecule has 44 heavy (non-hydrogen) atoms. The molecule has 0 radical (unpaired) electrons. The third-order valence-corrected chi connectivity index (χ3v) is 10.7. The summed E-state index contributed by atoms with van der Waals surface area (Å²) in [6, 6.07) is 22.8. The van der Waals surface area contributed by atoms with Crippen LogP contribution in [0.4, 0.5) is 11.4 Å². The highest BCUT2D eigenvalue weighted by atomic mass is 35.5. The monoisotopic (exact) mass is 660 g/mol. The van der Waals surface area contributed by atoms with Crippen molar-refractivity contribution >= 4 is 89.2 Å². The molecule has 0 aliphatic carbocycles. The Hall–Kier alpha value is -4.08. The minimum absolute atomic E-state index is 0.264. The molecule has 0 saturated carbocycles. The van der Waals surface area contributed by atoms with Crippen LogP contribution in [-0.4, -0.2) is 26.0 Å². The van der Waals surface area contributed by atoms with E-state index >= 15 is 0 Å². The number of anilines is 2. The average Bonchev–Trinajstić information content (AvgIpc) is 3.54. The highest BCUT2D eigenvalue weighted by molar-refractivity contribution is 7.22. The van der Waals surface area contributed by atoms with Crippen molar-refractivity contribution in [2.24, 2.45) is 0 Å². The molecule has 0 aliphatic heterocycles. The summed E-state index contributed by atoms with van der Waals surface area (Å²) < 4.78 is 12.4. The summed E-state index contributed by atoms with van der Waals surface area (Å²) in [6.07, 6.45) is 0. The van der Waals surface area contributed by atoms with E-state index in [0.29, 0.717) is 42.7 Å². The summed E-state index contributed by atoms with van der Waals surface area (Å²) in [6.45, 7) is 3.89. The second kappa shape index (κ2) is 12.1. The quantitative estimate of drug-likeness (QED) is 0.179. The second-order valence-corrected chi connectivity index (χ2v) is 13.0. The van der Waals surface area contributed by atoms with Crippen LogP contribution in [0.5, 0.6) is 11.5 Å². The van der Waals surface area contributed by atoms with Crippen LogP contribution >= 0.6 is 45.9 Å². The van der Waals surface area contributed by atoms with Gasteiger partial charge in [0.05, 0.1) is 24.3 Å². The lowest BCUT2D eigenvalue weighted by Crippen LogP contribution is -2.12. The van der Waals surface area contributed by atoms with Crippen LogP contribution in [0.25, 0.3) is 31.3 Å². The van der Waals surface area contributed by atoms with Gasteiger partial charge in [-0.3, -0.25) is 9.59 Å². The molecule has 0 spiro atoms. The van der Waals surface area contributed by atoms with E-state index in [2.05, 4.69) is 10.6 Å². The number of rotatable bonds is 7. The van der Waals surface area contributed by atoms with Crippen LogP contribution in [0.15, 0.2) is 72.8 Å². The van der Waals surface area contributed by atoms with Gasteiger partial charge in [-0.25, -0.2) is 0 Å². The summed E-state index contributed by atoms with van der Waals surface area (Å²) in [5, 5.41) is 8.50. The van der Waals surface area contributed by atoms with Gasteiger partial charge < -0.3 is 20.1 Å². The van der Waals surface area contributed by atoms with E-state index in [1.165, 1.54) is 22.7 Å². The Morgan fingerprint density at radius 1 is 0.614 bits per heavy atom. The number of nitrogens with one attached hydrogen (secondary N) is 2. The fourth-order valence-electron chi connectivity index (χ4n) is 4.96. The van der Waals surface area contributed by atoms with Crippen molar-refractivity contribution in [3.8, 4) is 22.6 Å². The molecular weight excluding hydrogens is 635 g/mol. The predicted molar refractivity (Wildman–Crippen MR) is 184 cm³/mol. The Morgan fingerprint density at radius 3 is 1.39 bits per heavy atom. The third-order valence-electron chi connectivity index (χ3n) is 7.37. The van der Waals surface area contributed by atoms with Gasteiger partial charge in [-0.2, -0.15) is 0 Å². The Bertz CT molecular complexity index is 1950. The Balaban J connectivity index is 1.18. The van der Waals surface area contributed by atoms with E-state index in [1.54, 1.807) is 14.2 Å². The lowest BCUT2D eigenvalue weighted by atomic mass is 10.00. The normalized spacial score (nSPS) is 11.1. The largest absolute Gasteiger partial charge is 0.497 e. The molecule has 0 fully saturated rings. The molecule has 0 atom stereocenters. The Kier molecular flexibility index (Phi) is 8.26. The van der Waals surface area contributed by atoms with Crippen molar-refractivity contribution in [1.29, 1.82) is 0 Å². The fourth-order valence-corrected chi connectivity index (χ4v) is 7.84. The molecule has 222 valence electrons. The molecule has 2 aromatic heterocycles. The maximum Gasteiger partial charge on any atom is 0.267 e. The van der Waals surface area contributed by atoms with Gasteiger partial charge in [0.1, 0.15) is 21.3 Å². The maximum atomic E-state index is 13.2. The first-order valence-corrected chi connectivity index (χ1v) is 15.9. The number of thiophene rings is 2. The number of ether oxygens (including phenoxy) is 2. The van der Waals surface area contributed by atoms with Crippen molar-refractivity contribution in [3.05, 3.63) is 104 Å². The van der Waals surface area contributed by atoms with Crippen LogP contribution < -0.4 is 20.1 Å². The zero-order chi connectivity index (χ0) is 31.1. The van der Waals surface area contributed by atoms with Crippen molar-refractivity contribution in [3.63, 3.8) is 0 Å². The summed E-state index contributed by atoms with van der Waals surface area (Å²) in [5.74, 6) is 0.891. The van der Waals surface area contributed by atoms with Gasteiger partial charge in [-0.05, 0) is 96.8 Å². The number of benzene rings is 4. The van der Waals surface area contributed by atoms with E-state index in [1.807, 2.05) is 86.6 Å². The first-order valence-electron chi connectivity index (χ1n) is 13.5. The molecule has 6 aromatic rings. The molecule has 0 unspecified atom stereocenters. The van der Waals surface area contributed by atoms with E-state index < -0.39 is 0 Å². The lowest BCUT2D eigenvalue weighted by molar-refractivity contribution is 0.102. The van der Waals surface area contributed by atoms with Gasteiger partial charge in [0, 0.05) is 31.5 Å². The minimum atomic E-state index is -0.264. The fraction of sp³-hybridized carbons (Fsp3) is 0.118. The number of hydrogen-bond donors (Lipinski definition) is 2. The highest BCUT2D eigenvalue weighted by Gasteiger charge is 2.20. The number of fused-ring (bicyclic) bond motifs is 2. The number of carbonyl (C=O) groups is 2. The van der Waals surface area contributed by atoms with Crippen LogP contribution in [0, 0.1) is 13.8 Å². The number of halogens is 2. The summed E-state index contributed by atoms with van der Waals surface area (Å²) >= 11 is 15.8. The van der Waals surface area contributed by atoms with Crippen molar-refractivity contribution in [2.45, 2.75) is 13.8 Å². The summed E-state index contributed by atoms with van der Waals surface area (Å²) in [5.41, 5.74) is 5.16. The first kappa shape index (κ1) is 30.0. The second-order valence-electron chi connectivity index (χ2n) is 10.2. The van der Waals surface area contributed by atoms with E-state index in [4.69, 9.17) is 32.7 Å². The molecule has 2 amide bonds. The topological polar surface area (TPSA) is 76.7 Å². The summed E-state index contributed by atoms with van der Waals surface area (Å²) in [4.78, 5) is 27.2. The SMILES string of the molecule is COc1ccc2c(Cl)c(C(=O)Nc3ccc(-c4ccc(NC(=O)c5sc6cc(OC)ccc6c5Cl)c(C)c4)cc3C)sc2c1. The Labute approximate surface area is 272 Å². The van der Waals surface area contributed by atoms with Gasteiger partial charge in [-0.1, -0.05) is 35.3 Å². The number of carbonyl (C=O) groups excluding carboxylic acids is 2. The van der Waals surface area contributed by atoms with Crippen molar-refractivity contribution in [1.82, 2.24) is 0 Å². The van der Waals surface area contributed by atoms with Crippen LogP contribution in [0.2, 0.25) is 10.0 Å². The van der Waals surface area contributed by atoms with Crippen LogP contribution in [-0.2, 0) is 0 Å². The standard InChI is InChI=1S/C34H26Cl2N2O4S2/c1-17-13-19(5-11-25(17)37-33(39)31-29(35)23-9-7-21(41-3)15-27(23)43-31)20-6-12-26(18(2)14-20)38-34(40)32-30(36)24-10-8-22(42-4)16-28(24)44-32/h5-16H,1-4H3,(H,37,39)(H,38,40). The molecule has 0 aliphatic rings. The van der Waals surface area contributed by atoms with Crippen molar-refractivity contribution in [2.75, 3.05) is 24.9 Å². The lowest BCUT2D eigenvalue weighted by Gasteiger charge is -2.13. The van der Waals surface area contributed by atoms with Gasteiger partial charge in [0.15, 0.2) is 0 Å². The van der Waals surface area contributed by atoms with Crippen LogP contribution in [0.1, 0.15) is 30.5 Å². The zero-order valence-corrected chi connectivity index (χ0v) is 27.3. The Morgan fingerprint density at radius 2 is 1.02 bits per heavy atom. The molecule has 2 heterocycles. The van der Waals surface area contributed by atoms with Gasteiger partial charge in [0.25, 0.3) is 11.8 Å². The van der Waals surface area contributed by atoms with Crippen molar-refractivity contribution < 1.29 is 19.1 Å². The molecule has 6 rings (SSSR count). The van der Waals surface area contributed by atoms with Gasteiger partial charge in [0.2, 0.25) is 0 Å².